The fourth-order valence-corrected chi connectivity index (χ4v) is 7.80. The van der Waals surface area contributed by atoms with Crippen LogP contribution in [0.4, 0.5) is 5.69 Å². The number of likely N-dealkylation sites (N-methyl/N-ethyl adjacent to an activating group) is 1. The summed E-state index contributed by atoms with van der Waals surface area (Å²) in [5.74, 6) is 1.38. The van der Waals surface area contributed by atoms with E-state index in [2.05, 4.69) is 35.2 Å². The number of aryl methyl sites for hydroxylation is 1. The minimum absolute atomic E-state index is 0.173. The van der Waals surface area contributed by atoms with E-state index in [-0.39, 0.29) is 12.5 Å². The van der Waals surface area contributed by atoms with Crippen molar-refractivity contribution in [1.29, 1.82) is 0 Å². The zero-order chi connectivity index (χ0) is 29.9. The van der Waals surface area contributed by atoms with E-state index in [1.54, 1.807) is 34.7 Å². The van der Waals surface area contributed by atoms with Crippen molar-refractivity contribution in [2.24, 2.45) is 11.8 Å². The average molecular weight is 620 g/mol. The maximum atomic E-state index is 12.5. The number of hydrogen-bond acceptors (Lipinski definition) is 9. The van der Waals surface area contributed by atoms with Crippen LogP contribution < -0.4 is 11.1 Å². The maximum absolute atomic E-state index is 12.5. The van der Waals surface area contributed by atoms with Gasteiger partial charge in [-0.15, -0.1) is 22.7 Å². The molecule has 10 heteroatoms. The molecule has 3 aromatic heterocycles. The molecular formula is C33H37N3O5S2. The highest BCUT2D eigenvalue weighted by Crippen LogP contribution is 2.43. The zero-order valence-corrected chi connectivity index (χ0v) is 26.4. The Morgan fingerprint density at radius 3 is 2.63 bits per heavy atom. The summed E-state index contributed by atoms with van der Waals surface area (Å²) in [7, 11) is 2.22. The Kier molecular flexibility index (Phi) is 9.09. The normalized spacial score (nSPS) is 19.6. The van der Waals surface area contributed by atoms with Gasteiger partial charge in [0.15, 0.2) is 5.76 Å². The monoisotopic (exact) mass is 619 g/mol. The van der Waals surface area contributed by atoms with Crippen LogP contribution in [0.15, 0.2) is 60.4 Å². The average Bonchev–Trinajstić information content (AvgIpc) is 3.75. The van der Waals surface area contributed by atoms with Crippen LogP contribution in [0.1, 0.15) is 71.5 Å². The Morgan fingerprint density at radius 1 is 1.14 bits per heavy atom. The van der Waals surface area contributed by atoms with Gasteiger partial charge in [0.05, 0.1) is 12.1 Å². The van der Waals surface area contributed by atoms with E-state index in [1.807, 2.05) is 24.3 Å². The van der Waals surface area contributed by atoms with Gasteiger partial charge in [-0.3, -0.25) is 4.79 Å². The molecule has 6 rings (SSSR count). The second kappa shape index (κ2) is 13.1. The van der Waals surface area contributed by atoms with Crippen molar-refractivity contribution >= 4 is 39.8 Å². The molecule has 1 fully saturated rings. The highest BCUT2D eigenvalue weighted by molar-refractivity contribution is 7.15. The van der Waals surface area contributed by atoms with Crippen molar-refractivity contribution in [1.82, 2.24) is 9.88 Å². The predicted molar refractivity (Wildman–Crippen MR) is 170 cm³/mol. The SMILES string of the molecule is Cc1oc(=O)oc1COCc1sc(-c2ccc(NC(=O)c3cscn3)cc2)cc1C1=C(C2CCC(C)CC2)CN(C)CC1. The predicted octanol–water partition coefficient (Wildman–Crippen LogP) is 7.61. The van der Waals surface area contributed by atoms with Crippen molar-refractivity contribution in [2.45, 2.75) is 59.2 Å². The molecule has 0 bridgehead atoms. The smallest absolute Gasteiger partial charge is 0.396 e. The summed E-state index contributed by atoms with van der Waals surface area (Å²) in [6.07, 6.45) is 6.10. The van der Waals surface area contributed by atoms with Gasteiger partial charge in [-0.25, -0.2) is 9.78 Å². The topological polar surface area (TPSA) is 97.8 Å². The van der Waals surface area contributed by atoms with E-state index in [0.29, 0.717) is 29.7 Å². The molecule has 1 amide bonds. The minimum atomic E-state index is -0.704. The number of benzene rings is 1. The van der Waals surface area contributed by atoms with Gasteiger partial charge < -0.3 is 23.8 Å². The molecular weight excluding hydrogens is 583 g/mol. The van der Waals surface area contributed by atoms with Crippen LogP contribution in [-0.4, -0.2) is 35.9 Å². The highest BCUT2D eigenvalue weighted by atomic mass is 32.1. The van der Waals surface area contributed by atoms with Gasteiger partial charge in [0.25, 0.3) is 5.91 Å². The summed E-state index contributed by atoms with van der Waals surface area (Å²) in [4.78, 5) is 32.8. The number of nitrogens with one attached hydrogen (secondary N) is 1. The molecule has 0 spiro atoms. The quantitative estimate of drug-likeness (QED) is 0.206. The molecule has 1 N–H and O–H groups in total. The second-order valence-corrected chi connectivity index (χ2v) is 13.6. The Hall–Kier alpha value is -3.31. The largest absolute Gasteiger partial charge is 0.519 e. The number of hydrogen-bond donors (Lipinski definition) is 1. The first-order valence-corrected chi connectivity index (χ1v) is 16.6. The molecule has 8 nitrogen and oxygen atoms in total. The van der Waals surface area contributed by atoms with Crippen molar-refractivity contribution in [3.8, 4) is 10.4 Å². The summed E-state index contributed by atoms with van der Waals surface area (Å²) >= 11 is 3.13. The third-order valence-electron chi connectivity index (χ3n) is 8.61. The third kappa shape index (κ3) is 6.93. The lowest BCUT2D eigenvalue weighted by Crippen LogP contribution is -2.31. The highest BCUT2D eigenvalue weighted by Gasteiger charge is 2.29. The van der Waals surface area contributed by atoms with Crippen LogP contribution in [-0.2, 0) is 18.0 Å². The fourth-order valence-electron chi connectivity index (χ4n) is 6.13. The molecule has 4 aromatic rings. The van der Waals surface area contributed by atoms with Crippen LogP contribution in [0.25, 0.3) is 16.0 Å². The van der Waals surface area contributed by atoms with E-state index in [9.17, 15) is 9.59 Å². The molecule has 1 aliphatic carbocycles. The lowest BCUT2D eigenvalue weighted by molar-refractivity contribution is 0.0932. The molecule has 2 aliphatic rings. The standard InChI is InChI=1S/C33H37N3O5S2/c1-20-4-6-22(7-5-20)27-15-36(3)13-12-25(27)26-14-30(43-31(26)17-39-16-29-21(2)40-33(38)41-29)23-8-10-24(11-9-23)35-32(37)28-18-42-19-34-28/h8-11,14,18-20,22H,4-7,12-13,15-17H2,1-3H3,(H,35,37). The van der Waals surface area contributed by atoms with E-state index in [1.165, 1.54) is 53.0 Å². The number of amides is 1. The second-order valence-electron chi connectivity index (χ2n) is 11.7. The summed E-state index contributed by atoms with van der Waals surface area (Å²) in [6, 6.07) is 10.3. The van der Waals surface area contributed by atoms with Crippen LogP contribution in [0, 0.1) is 18.8 Å². The van der Waals surface area contributed by atoms with Crippen LogP contribution in [0.5, 0.6) is 0 Å². The Bertz CT molecular complexity index is 1640. The Morgan fingerprint density at radius 2 is 1.93 bits per heavy atom. The molecule has 1 aliphatic heterocycles. The maximum Gasteiger partial charge on any atom is 0.519 e. The molecule has 43 heavy (non-hydrogen) atoms. The first kappa shape index (κ1) is 29.7. The first-order valence-electron chi connectivity index (χ1n) is 14.8. The number of thiophene rings is 1. The third-order valence-corrected chi connectivity index (χ3v) is 10.4. The van der Waals surface area contributed by atoms with Gasteiger partial charge >= 0.3 is 5.82 Å². The number of thiazole rings is 1. The number of carbonyl (C=O) groups is 1. The number of carbonyl (C=O) groups excluding carboxylic acids is 1. The number of nitrogens with zero attached hydrogens (tertiary/aromatic N) is 2. The fraction of sp³-hybridized carbons (Fsp3) is 0.424. The zero-order valence-electron chi connectivity index (χ0n) is 24.8. The van der Waals surface area contributed by atoms with Crippen molar-refractivity contribution in [3.63, 3.8) is 0 Å². The molecule has 1 aromatic carbocycles. The van der Waals surface area contributed by atoms with Crippen molar-refractivity contribution in [3.05, 3.63) is 85.1 Å². The molecule has 0 atom stereocenters. The van der Waals surface area contributed by atoms with Gasteiger partial charge in [-0.1, -0.05) is 31.9 Å². The summed E-state index contributed by atoms with van der Waals surface area (Å²) in [6.45, 7) is 6.70. The molecule has 0 saturated heterocycles. The number of rotatable bonds is 9. The number of aromatic nitrogens is 1. The van der Waals surface area contributed by atoms with Crippen molar-refractivity contribution in [2.75, 3.05) is 25.5 Å². The lowest BCUT2D eigenvalue weighted by Gasteiger charge is -2.36. The van der Waals surface area contributed by atoms with Gasteiger partial charge in [-0.05, 0) is 85.5 Å². The van der Waals surface area contributed by atoms with Crippen LogP contribution in [0.2, 0.25) is 0 Å². The van der Waals surface area contributed by atoms with E-state index >= 15 is 0 Å². The van der Waals surface area contributed by atoms with Crippen LogP contribution in [0.3, 0.4) is 0 Å². The summed E-state index contributed by atoms with van der Waals surface area (Å²) < 4.78 is 16.3. The van der Waals surface area contributed by atoms with E-state index in [0.717, 1.165) is 41.6 Å². The number of ether oxygens (including phenoxy) is 1. The van der Waals surface area contributed by atoms with E-state index in [4.69, 9.17) is 13.6 Å². The van der Waals surface area contributed by atoms with Crippen molar-refractivity contribution < 1.29 is 18.4 Å². The molecule has 4 heterocycles. The lowest BCUT2D eigenvalue weighted by atomic mass is 9.75. The Balaban J connectivity index is 1.30. The first-order chi connectivity index (χ1) is 20.8. The summed E-state index contributed by atoms with van der Waals surface area (Å²) in [5, 5.41) is 4.67. The Labute approximate surface area is 259 Å². The number of anilines is 1. The van der Waals surface area contributed by atoms with Gasteiger partial charge in [0.2, 0.25) is 0 Å². The molecule has 0 radical (unpaired) electrons. The minimum Gasteiger partial charge on any atom is -0.396 e. The van der Waals surface area contributed by atoms with Gasteiger partial charge in [0, 0.05) is 33.9 Å². The van der Waals surface area contributed by atoms with E-state index < -0.39 is 5.82 Å². The van der Waals surface area contributed by atoms with Crippen LogP contribution >= 0.6 is 22.7 Å². The molecule has 226 valence electrons. The summed E-state index contributed by atoms with van der Waals surface area (Å²) in [5.41, 5.74) is 8.21. The van der Waals surface area contributed by atoms with Gasteiger partial charge in [0.1, 0.15) is 18.1 Å². The van der Waals surface area contributed by atoms with Gasteiger partial charge in [-0.2, -0.15) is 0 Å². The molecule has 0 unspecified atom stereocenters. The molecule has 1 saturated carbocycles.